The van der Waals surface area contributed by atoms with Crippen molar-refractivity contribution in [3.63, 3.8) is 0 Å². The minimum absolute atomic E-state index is 0.0922. The van der Waals surface area contributed by atoms with Crippen molar-refractivity contribution >= 4 is 23.2 Å². The van der Waals surface area contributed by atoms with Crippen LogP contribution in [0.3, 0.4) is 0 Å². The van der Waals surface area contributed by atoms with Crippen molar-refractivity contribution in [2.45, 2.75) is 38.1 Å². The molecule has 1 aromatic carbocycles. The fourth-order valence-corrected chi connectivity index (χ4v) is 3.14. The van der Waals surface area contributed by atoms with E-state index in [0.717, 1.165) is 5.56 Å². The highest BCUT2D eigenvalue weighted by molar-refractivity contribution is 6.42. The maximum absolute atomic E-state index is 6.24. The van der Waals surface area contributed by atoms with Crippen LogP contribution in [-0.2, 0) is 6.42 Å². The third-order valence-corrected chi connectivity index (χ3v) is 4.80. The topological polar surface area (TPSA) is 64.9 Å². The molecule has 3 rings (SSSR count). The summed E-state index contributed by atoms with van der Waals surface area (Å²) in [5, 5.41) is 4.98. The van der Waals surface area contributed by atoms with Gasteiger partial charge in [0.15, 0.2) is 0 Å². The van der Waals surface area contributed by atoms with Gasteiger partial charge in [-0.25, -0.2) is 0 Å². The van der Waals surface area contributed by atoms with Gasteiger partial charge in [-0.1, -0.05) is 41.2 Å². The van der Waals surface area contributed by atoms with E-state index in [4.69, 9.17) is 33.5 Å². The monoisotopic (exact) mass is 325 g/mol. The predicted molar refractivity (Wildman–Crippen MR) is 83.4 cm³/mol. The van der Waals surface area contributed by atoms with E-state index in [-0.39, 0.29) is 6.04 Å². The maximum atomic E-state index is 6.24. The first-order valence-electron chi connectivity index (χ1n) is 7.17. The van der Waals surface area contributed by atoms with Gasteiger partial charge in [0, 0.05) is 18.0 Å². The fourth-order valence-electron chi connectivity index (χ4n) is 2.84. The van der Waals surface area contributed by atoms with Gasteiger partial charge in [0.05, 0.1) is 10.0 Å². The smallest absolute Gasteiger partial charge is 0.228 e. The Hall–Kier alpha value is -1.10. The third-order valence-electron chi connectivity index (χ3n) is 4.06. The van der Waals surface area contributed by atoms with Crippen molar-refractivity contribution in [2.75, 3.05) is 0 Å². The van der Waals surface area contributed by atoms with Gasteiger partial charge in [0.2, 0.25) is 11.7 Å². The first kappa shape index (κ1) is 14.8. The summed E-state index contributed by atoms with van der Waals surface area (Å²) in [5.74, 6) is 1.67. The summed E-state index contributed by atoms with van der Waals surface area (Å²) < 4.78 is 5.30. The number of hydrogen-bond acceptors (Lipinski definition) is 4. The van der Waals surface area contributed by atoms with Gasteiger partial charge in [-0.3, -0.25) is 0 Å². The van der Waals surface area contributed by atoms with E-state index in [1.807, 2.05) is 6.07 Å². The van der Waals surface area contributed by atoms with E-state index in [2.05, 4.69) is 10.1 Å². The van der Waals surface area contributed by atoms with Gasteiger partial charge >= 0.3 is 0 Å². The molecule has 1 aromatic heterocycles. The molecule has 0 radical (unpaired) electrons. The molecule has 6 heteroatoms. The first-order valence-corrected chi connectivity index (χ1v) is 7.92. The molecule has 1 fully saturated rings. The number of halogens is 2. The number of rotatable bonds is 4. The summed E-state index contributed by atoms with van der Waals surface area (Å²) >= 11 is 11.9. The number of nitrogens with zero attached hydrogens (tertiary/aromatic N) is 2. The quantitative estimate of drug-likeness (QED) is 0.918. The second-order valence-corrected chi connectivity index (χ2v) is 6.37. The molecule has 1 unspecified atom stereocenters. The molecular formula is C15H17Cl2N3O. The normalized spacial score (nSPS) is 17.3. The molecule has 1 heterocycles. The van der Waals surface area contributed by atoms with E-state index in [9.17, 15) is 0 Å². The van der Waals surface area contributed by atoms with Crippen molar-refractivity contribution in [1.82, 2.24) is 10.1 Å². The van der Waals surface area contributed by atoms with Crippen molar-refractivity contribution in [3.05, 3.63) is 34.1 Å². The summed E-state index contributed by atoms with van der Waals surface area (Å²) in [4.78, 5) is 4.40. The Kier molecular flexibility index (Phi) is 4.48. The molecular weight excluding hydrogens is 309 g/mol. The van der Waals surface area contributed by atoms with Crippen LogP contribution in [0.1, 0.15) is 31.6 Å². The van der Waals surface area contributed by atoms with Crippen molar-refractivity contribution in [2.24, 2.45) is 11.7 Å². The predicted octanol–water partition coefficient (Wildman–Crippen LogP) is 4.10. The Labute approximate surface area is 133 Å². The van der Waals surface area contributed by atoms with Gasteiger partial charge in [-0.15, -0.1) is 0 Å². The van der Waals surface area contributed by atoms with E-state index < -0.39 is 0 Å². The van der Waals surface area contributed by atoms with Crippen molar-refractivity contribution in [1.29, 1.82) is 0 Å². The molecule has 0 amide bonds. The number of aromatic nitrogens is 2. The average molecular weight is 326 g/mol. The Morgan fingerprint density at radius 1 is 1.24 bits per heavy atom. The number of benzene rings is 1. The molecule has 2 N–H and O–H groups in total. The molecule has 0 spiro atoms. The molecule has 1 saturated carbocycles. The summed E-state index contributed by atoms with van der Waals surface area (Å²) in [6.07, 6.45) is 5.58. The van der Waals surface area contributed by atoms with Gasteiger partial charge in [-0.2, -0.15) is 4.98 Å². The zero-order valence-corrected chi connectivity index (χ0v) is 13.1. The Bertz CT molecular complexity index is 623. The van der Waals surface area contributed by atoms with Gasteiger partial charge in [0.25, 0.3) is 0 Å². The van der Waals surface area contributed by atoms with Crippen molar-refractivity contribution < 1.29 is 4.52 Å². The highest BCUT2D eigenvalue weighted by Gasteiger charge is 2.24. The maximum Gasteiger partial charge on any atom is 0.228 e. The fraction of sp³-hybridized carbons (Fsp3) is 0.467. The van der Waals surface area contributed by atoms with E-state index in [1.54, 1.807) is 12.1 Å². The second-order valence-electron chi connectivity index (χ2n) is 5.55. The van der Waals surface area contributed by atoms with E-state index in [0.29, 0.717) is 34.1 Å². The lowest BCUT2D eigenvalue weighted by Crippen LogP contribution is -2.30. The first-order chi connectivity index (χ1) is 10.1. The largest absolute Gasteiger partial charge is 0.339 e. The summed E-state index contributed by atoms with van der Waals surface area (Å²) in [5.41, 5.74) is 7.02. The Balaban J connectivity index is 1.72. The molecule has 4 nitrogen and oxygen atoms in total. The van der Waals surface area contributed by atoms with Crippen LogP contribution in [0.4, 0.5) is 0 Å². The van der Waals surface area contributed by atoms with Crippen LogP contribution >= 0.6 is 23.2 Å². The van der Waals surface area contributed by atoms with E-state index >= 15 is 0 Å². The average Bonchev–Trinajstić information content (AvgIpc) is 3.12. The van der Waals surface area contributed by atoms with Crippen LogP contribution in [0.15, 0.2) is 22.7 Å². The van der Waals surface area contributed by atoms with Crippen LogP contribution in [0, 0.1) is 5.92 Å². The molecule has 2 aromatic rings. The summed E-state index contributed by atoms with van der Waals surface area (Å²) in [6, 6.07) is 5.36. The van der Waals surface area contributed by atoms with E-state index in [1.165, 1.54) is 25.7 Å². The molecule has 0 aliphatic heterocycles. The van der Waals surface area contributed by atoms with Gasteiger partial charge in [0.1, 0.15) is 0 Å². The lowest BCUT2D eigenvalue weighted by Gasteiger charge is -2.16. The van der Waals surface area contributed by atoms with Gasteiger partial charge < -0.3 is 10.3 Å². The number of nitrogens with two attached hydrogens (primary N) is 1. The summed E-state index contributed by atoms with van der Waals surface area (Å²) in [7, 11) is 0. The molecule has 0 saturated heterocycles. The zero-order valence-electron chi connectivity index (χ0n) is 11.6. The summed E-state index contributed by atoms with van der Waals surface area (Å²) in [6.45, 7) is 0. The van der Waals surface area contributed by atoms with Crippen LogP contribution in [-0.4, -0.2) is 16.2 Å². The molecule has 1 aliphatic carbocycles. The Morgan fingerprint density at radius 2 is 2.00 bits per heavy atom. The van der Waals surface area contributed by atoms with Crippen LogP contribution in [0.5, 0.6) is 0 Å². The third kappa shape index (κ3) is 3.39. The highest BCUT2D eigenvalue weighted by Crippen LogP contribution is 2.29. The minimum atomic E-state index is 0.0922. The molecule has 1 aliphatic rings. The SMILES string of the molecule is NC(Cc1nc(-c2ccc(Cl)c(Cl)c2)no1)C1CCCC1. The minimum Gasteiger partial charge on any atom is -0.339 e. The number of hydrogen-bond donors (Lipinski definition) is 1. The lowest BCUT2D eigenvalue weighted by atomic mass is 9.96. The van der Waals surface area contributed by atoms with Gasteiger partial charge in [-0.05, 0) is 37.0 Å². The second kappa shape index (κ2) is 6.34. The molecule has 21 heavy (non-hydrogen) atoms. The van der Waals surface area contributed by atoms with Crippen LogP contribution < -0.4 is 5.73 Å². The molecule has 1 atom stereocenters. The lowest BCUT2D eigenvalue weighted by molar-refractivity contribution is 0.341. The standard InChI is InChI=1S/C15H17Cl2N3O/c16-11-6-5-10(7-12(11)17)15-19-14(21-20-15)8-13(18)9-3-1-2-4-9/h5-7,9,13H,1-4,8,18H2. The molecule has 0 bridgehead atoms. The van der Waals surface area contributed by atoms with Crippen LogP contribution in [0.25, 0.3) is 11.4 Å². The molecule has 112 valence electrons. The Morgan fingerprint density at radius 3 is 2.71 bits per heavy atom. The van der Waals surface area contributed by atoms with Crippen molar-refractivity contribution in [3.8, 4) is 11.4 Å². The zero-order chi connectivity index (χ0) is 14.8. The highest BCUT2D eigenvalue weighted by atomic mass is 35.5. The van der Waals surface area contributed by atoms with Crippen LogP contribution in [0.2, 0.25) is 10.0 Å².